The Hall–Kier alpha value is -2.24. The van der Waals surface area contributed by atoms with Crippen LogP contribution in [0, 0.1) is 0 Å². The zero-order chi connectivity index (χ0) is 17.0. The van der Waals surface area contributed by atoms with Crippen molar-refractivity contribution in [2.24, 2.45) is 0 Å². The molecule has 6 heteroatoms. The summed E-state index contributed by atoms with van der Waals surface area (Å²) >= 11 is 0. The molecule has 1 saturated heterocycles. The van der Waals surface area contributed by atoms with Crippen molar-refractivity contribution in [3.05, 3.63) is 23.8 Å². The molecule has 0 N–H and O–H groups in total. The molecule has 1 aromatic rings. The van der Waals surface area contributed by atoms with Crippen molar-refractivity contribution in [2.75, 3.05) is 34.9 Å². The number of benzene rings is 1. The molecule has 0 saturated carbocycles. The maximum Gasteiger partial charge on any atom is 0.244 e. The molecule has 1 aliphatic heterocycles. The third-order valence-corrected chi connectivity index (χ3v) is 4.10. The number of ether oxygens (including phenoxy) is 2. The largest absolute Gasteiger partial charge is 0.493 e. The van der Waals surface area contributed by atoms with E-state index in [9.17, 15) is 9.59 Å². The lowest BCUT2D eigenvalue weighted by Crippen LogP contribution is -2.45. The average molecular weight is 320 g/mol. The van der Waals surface area contributed by atoms with Crippen molar-refractivity contribution >= 4 is 11.8 Å². The molecular weight excluding hydrogens is 296 g/mol. The Kier molecular flexibility index (Phi) is 5.47. The smallest absolute Gasteiger partial charge is 0.244 e. The van der Waals surface area contributed by atoms with E-state index in [2.05, 4.69) is 0 Å². The Morgan fingerprint density at radius 1 is 1.22 bits per heavy atom. The summed E-state index contributed by atoms with van der Waals surface area (Å²) in [4.78, 5) is 28.0. The van der Waals surface area contributed by atoms with E-state index in [0.717, 1.165) is 18.4 Å². The van der Waals surface area contributed by atoms with Gasteiger partial charge >= 0.3 is 0 Å². The van der Waals surface area contributed by atoms with Crippen LogP contribution in [0.4, 0.5) is 0 Å². The topological polar surface area (TPSA) is 59.1 Å². The SMILES string of the molecule is COc1ccc(CC(=O)N2CCCC2C(=O)N(C)C)cc1OC. The summed E-state index contributed by atoms with van der Waals surface area (Å²) in [5.74, 6) is 1.18. The fourth-order valence-corrected chi connectivity index (χ4v) is 2.89. The predicted molar refractivity (Wildman–Crippen MR) is 86.7 cm³/mol. The van der Waals surface area contributed by atoms with Crippen molar-refractivity contribution in [2.45, 2.75) is 25.3 Å². The lowest BCUT2D eigenvalue weighted by molar-refractivity contribution is -0.141. The summed E-state index contributed by atoms with van der Waals surface area (Å²) in [7, 11) is 6.58. The van der Waals surface area contributed by atoms with Crippen molar-refractivity contribution in [1.82, 2.24) is 9.80 Å². The van der Waals surface area contributed by atoms with Crippen LogP contribution in [0.3, 0.4) is 0 Å². The van der Waals surface area contributed by atoms with Gasteiger partial charge in [-0.2, -0.15) is 0 Å². The van der Waals surface area contributed by atoms with Crippen LogP contribution < -0.4 is 9.47 Å². The highest BCUT2D eigenvalue weighted by Gasteiger charge is 2.34. The van der Waals surface area contributed by atoms with E-state index >= 15 is 0 Å². The molecule has 2 amide bonds. The molecule has 23 heavy (non-hydrogen) atoms. The minimum absolute atomic E-state index is 0.0110. The summed E-state index contributed by atoms with van der Waals surface area (Å²) in [5, 5.41) is 0. The van der Waals surface area contributed by atoms with E-state index in [1.165, 1.54) is 0 Å². The van der Waals surface area contributed by atoms with E-state index in [1.807, 2.05) is 6.07 Å². The van der Waals surface area contributed by atoms with Gasteiger partial charge in [0.25, 0.3) is 0 Å². The third kappa shape index (κ3) is 3.75. The normalized spacial score (nSPS) is 17.0. The van der Waals surface area contributed by atoms with Crippen molar-refractivity contribution in [1.29, 1.82) is 0 Å². The van der Waals surface area contributed by atoms with E-state index in [4.69, 9.17) is 9.47 Å². The van der Waals surface area contributed by atoms with Crippen LogP contribution in [-0.4, -0.2) is 62.5 Å². The zero-order valence-corrected chi connectivity index (χ0v) is 14.2. The third-order valence-electron chi connectivity index (χ3n) is 4.10. The minimum Gasteiger partial charge on any atom is -0.493 e. The van der Waals surface area contributed by atoms with Crippen LogP contribution in [0.25, 0.3) is 0 Å². The Labute approximate surface area is 137 Å². The number of carbonyl (C=O) groups excluding carboxylic acids is 2. The van der Waals surface area contributed by atoms with Gasteiger partial charge in [0, 0.05) is 20.6 Å². The first kappa shape index (κ1) is 17.1. The van der Waals surface area contributed by atoms with Crippen LogP contribution in [0.5, 0.6) is 11.5 Å². The van der Waals surface area contributed by atoms with Gasteiger partial charge in [-0.1, -0.05) is 6.07 Å². The van der Waals surface area contributed by atoms with Crippen LogP contribution in [-0.2, 0) is 16.0 Å². The molecule has 1 aromatic carbocycles. The number of hydrogen-bond acceptors (Lipinski definition) is 4. The fraction of sp³-hybridized carbons (Fsp3) is 0.529. The lowest BCUT2D eigenvalue weighted by atomic mass is 10.1. The first-order chi connectivity index (χ1) is 11.0. The standard InChI is InChI=1S/C17H24N2O4/c1-18(2)17(21)13-6-5-9-19(13)16(20)11-12-7-8-14(22-3)15(10-12)23-4/h7-8,10,13H,5-6,9,11H2,1-4H3. The van der Waals surface area contributed by atoms with E-state index < -0.39 is 0 Å². The van der Waals surface area contributed by atoms with Crippen molar-refractivity contribution in [3.63, 3.8) is 0 Å². The number of likely N-dealkylation sites (N-methyl/N-ethyl adjacent to an activating group) is 1. The summed E-state index contributed by atoms with van der Waals surface area (Å²) < 4.78 is 10.5. The molecule has 0 spiro atoms. The predicted octanol–water partition coefficient (Wildman–Crippen LogP) is 1.33. The molecule has 0 radical (unpaired) electrons. The summed E-state index contributed by atoms with van der Waals surface area (Å²) in [5.41, 5.74) is 0.843. The van der Waals surface area contributed by atoms with Gasteiger partial charge in [0.2, 0.25) is 11.8 Å². The van der Waals surface area contributed by atoms with E-state index in [0.29, 0.717) is 18.0 Å². The number of rotatable bonds is 5. The minimum atomic E-state index is -0.336. The number of hydrogen-bond donors (Lipinski definition) is 0. The molecular formula is C17H24N2O4. The van der Waals surface area contributed by atoms with Gasteiger partial charge in [-0.05, 0) is 30.5 Å². The molecule has 1 heterocycles. The Morgan fingerprint density at radius 3 is 2.52 bits per heavy atom. The number of nitrogens with zero attached hydrogens (tertiary/aromatic N) is 2. The number of likely N-dealkylation sites (tertiary alicyclic amines) is 1. The molecule has 1 fully saturated rings. The van der Waals surface area contributed by atoms with Gasteiger partial charge in [0.1, 0.15) is 6.04 Å². The maximum absolute atomic E-state index is 12.6. The van der Waals surface area contributed by atoms with Gasteiger partial charge in [0.05, 0.1) is 20.6 Å². The zero-order valence-electron chi connectivity index (χ0n) is 14.2. The second-order valence-corrected chi connectivity index (χ2v) is 5.84. The number of amides is 2. The maximum atomic E-state index is 12.6. The quantitative estimate of drug-likeness (QED) is 0.821. The van der Waals surface area contributed by atoms with Gasteiger partial charge in [-0.3, -0.25) is 9.59 Å². The van der Waals surface area contributed by atoms with E-state index in [-0.39, 0.29) is 24.3 Å². The number of carbonyl (C=O) groups is 2. The van der Waals surface area contributed by atoms with Crippen LogP contribution in [0.1, 0.15) is 18.4 Å². The number of methoxy groups -OCH3 is 2. The first-order valence-electron chi connectivity index (χ1n) is 7.69. The van der Waals surface area contributed by atoms with Crippen molar-refractivity contribution < 1.29 is 19.1 Å². The fourth-order valence-electron chi connectivity index (χ4n) is 2.89. The molecule has 6 nitrogen and oxygen atoms in total. The molecule has 126 valence electrons. The highest BCUT2D eigenvalue weighted by Crippen LogP contribution is 2.28. The highest BCUT2D eigenvalue weighted by atomic mass is 16.5. The molecule has 0 aromatic heterocycles. The molecule has 0 bridgehead atoms. The summed E-state index contributed by atoms with van der Waals surface area (Å²) in [6.45, 7) is 0.635. The second kappa shape index (κ2) is 7.35. The molecule has 1 unspecified atom stereocenters. The Bertz CT molecular complexity index is 586. The van der Waals surface area contributed by atoms with E-state index in [1.54, 1.807) is 50.2 Å². The van der Waals surface area contributed by atoms with Crippen LogP contribution in [0.2, 0.25) is 0 Å². The second-order valence-electron chi connectivity index (χ2n) is 5.84. The monoisotopic (exact) mass is 320 g/mol. The summed E-state index contributed by atoms with van der Waals surface area (Å²) in [6.07, 6.45) is 1.84. The van der Waals surface area contributed by atoms with Crippen LogP contribution in [0.15, 0.2) is 18.2 Å². The molecule has 1 aliphatic rings. The molecule has 0 aliphatic carbocycles. The highest BCUT2D eigenvalue weighted by molar-refractivity contribution is 5.88. The van der Waals surface area contributed by atoms with Crippen LogP contribution >= 0.6 is 0 Å². The van der Waals surface area contributed by atoms with Gasteiger partial charge in [0.15, 0.2) is 11.5 Å². The van der Waals surface area contributed by atoms with Gasteiger partial charge < -0.3 is 19.3 Å². The summed E-state index contributed by atoms with van der Waals surface area (Å²) in [6, 6.07) is 5.10. The Morgan fingerprint density at radius 2 is 1.91 bits per heavy atom. The van der Waals surface area contributed by atoms with Gasteiger partial charge in [-0.15, -0.1) is 0 Å². The molecule has 1 atom stereocenters. The lowest BCUT2D eigenvalue weighted by Gasteiger charge is -2.26. The van der Waals surface area contributed by atoms with Crippen molar-refractivity contribution in [3.8, 4) is 11.5 Å². The first-order valence-corrected chi connectivity index (χ1v) is 7.69. The Balaban J connectivity index is 2.11. The average Bonchev–Trinajstić information content (AvgIpc) is 3.03. The molecule has 2 rings (SSSR count). The van der Waals surface area contributed by atoms with Gasteiger partial charge in [-0.25, -0.2) is 0 Å².